The second kappa shape index (κ2) is 8.13. The van der Waals surface area contributed by atoms with Crippen LogP contribution in [0.3, 0.4) is 0 Å². The van der Waals surface area contributed by atoms with Gasteiger partial charge in [0.15, 0.2) is 0 Å². The van der Waals surface area contributed by atoms with Crippen molar-refractivity contribution in [3.63, 3.8) is 0 Å². The number of hydrogen-bond acceptors (Lipinski definition) is 4. The highest BCUT2D eigenvalue weighted by Crippen LogP contribution is 2.31. The summed E-state index contributed by atoms with van der Waals surface area (Å²) in [6.45, 7) is 6.54. The zero-order chi connectivity index (χ0) is 20.1. The maximum Gasteiger partial charge on any atom is 0.274 e. The Morgan fingerprint density at radius 1 is 0.929 bits per heavy atom. The molecule has 0 aliphatic heterocycles. The molecule has 5 nitrogen and oxygen atoms in total. The van der Waals surface area contributed by atoms with Gasteiger partial charge in [0, 0.05) is 11.4 Å². The summed E-state index contributed by atoms with van der Waals surface area (Å²) in [4.78, 5) is 16.7. The molecule has 3 rings (SSSR count). The summed E-state index contributed by atoms with van der Waals surface area (Å²) < 4.78 is 5.12. The Hall–Kier alpha value is -3.34. The van der Waals surface area contributed by atoms with Crippen LogP contribution in [-0.4, -0.2) is 18.0 Å². The first-order chi connectivity index (χ1) is 13.4. The quantitative estimate of drug-likeness (QED) is 0.628. The van der Waals surface area contributed by atoms with E-state index in [4.69, 9.17) is 4.74 Å². The monoisotopic (exact) mass is 375 g/mol. The van der Waals surface area contributed by atoms with Gasteiger partial charge in [-0.15, -0.1) is 0 Å². The molecule has 1 heterocycles. The predicted octanol–water partition coefficient (Wildman–Crippen LogP) is 5.38. The van der Waals surface area contributed by atoms with Crippen LogP contribution in [0.25, 0.3) is 0 Å². The summed E-state index contributed by atoms with van der Waals surface area (Å²) in [5, 5.41) is 6.23. The number of ether oxygens (including phenoxy) is 1. The minimum Gasteiger partial charge on any atom is -0.497 e. The molecule has 0 bridgehead atoms. The molecular formula is C23H25N3O2. The van der Waals surface area contributed by atoms with E-state index in [1.807, 2.05) is 24.3 Å². The molecule has 2 aromatic carbocycles. The summed E-state index contributed by atoms with van der Waals surface area (Å²) in [6, 6.07) is 18.9. The third-order valence-corrected chi connectivity index (χ3v) is 4.36. The molecule has 3 aromatic rings. The van der Waals surface area contributed by atoms with Crippen LogP contribution in [0.1, 0.15) is 36.8 Å². The summed E-state index contributed by atoms with van der Waals surface area (Å²) in [6.07, 6.45) is 1.67. The van der Waals surface area contributed by atoms with Crippen LogP contribution in [0.15, 0.2) is 66.9 Å². The second-order valence-corrected chi connectivity index (χ2v) is 7.54. The SMILES string of the molecule is COc1ccc(NC(=O)c2ccc(Nc3ccccc3C(C)(C)C)cn2)cc1. The van der Waals surface area contributed by atoms with E-state index in [2.05, 4.69) is 42.5 Å². The van der Waals surface area contributed by atoms with E-state index in [9.17, 15) is 4.79 Å². The fraction of sp³-hybridized carbons (Fsp3) is 0.217. The zero-order valence-electron chi connectivity index (χ0n) is 16.6. The minimum absolute atomic E-state index is 0.0230. The van der Waals surface area contributed by atoms with E-state index in [0.717, 1.165) is 17.1 Å². The average molecular weight is 375 g/mol. The lowest BCUT2D eigenvalue weighted by atomic mass is 9.86. The lowest BCUT2D eigenvalue weighted by Gasteiger charge is -2.23. The average Bonchev–Trinajstić information content (AvgIpc) is 2.69. The first-order valence-corrected chi connectivity index (χ1v) is 9.15. The van der Waals surface area contributed by atoms with Gasteiger partial charge in [-0.1, -0.05) is 39.0 Å². The van der Waals surface area contributed by atoms with Crippen molar-refractivity contribution in [3.8, 4) is 5.75 Å². The Bertz CT molecular complexity index is 943. The highest BCUT2D eigenvalue weighted by atomic mass is 16.5. The van der Waals surface area contributed by atoms with E-state index >= 15 is 0 Å². The normalized spacial score (nSPS) is 11.0. The number of nitrogens with zero attached hydrogens (tertiary/aromatic N) is 1. The number of carbonyl (C=O) groups is 1. The first kappa shape index (κ1) is 19.4. The minimum atomic E-state index is -0.258. The van der Waals surface area contributed by atoms with Crippen LogP contribution in [0.5, 0.6) is 5.75 Å². The first-order valence-electron chi connectivity index (χ1n) is 9.15. The smallest absolute Gasteiger partial charge is 0.274 e. The van der Waals surface area contributed by atoms with Gasteiger partial charge in [0.1, 0.15) is 11.4 Å². The molecule has 0 aliphatic rings. The Morgan fingerprint density at radius 3 is 2.21 bits per heavy atom. The van der Waals surface area contributed by atoms with Gasteiger partial charge in [-0.05, 0) is 53.4 Å². The molecule has 5 heteroatoms. The number of carbonyl (C=O) groups excluding carboxylic acids is 1. The van der Waals surface area contributed by atoms with Gasteiger partial charge in [0.25, 0.3) is 5.91 Å². The lowest BCUT2D eigenvalue weighted by molar-refractivity contribution is 0.102. The van der Waals surface area contributed by atoms with Crippen molar-refractivity contribution in [3.05, 3.63) is 78.1 Å². The third kappa shape index (κ3) is 4.68. The molecule has 144 valence electrons. The van der Waals surface area contributed by atoms with Crippen LogP contribution in [0.4, 0.5) is 17.1 Å². The maximum absolute atomic E-state index is 12.4. The van der Waals surface area contributed by atoms with Crippen molar-refractivity contribution in [1.82, 2.24) is 4.98 Å². The Morgan fingerprint density at radius 2 is 1.61 bits per heavy atom. The number of nitrogens with one attached hydrogen (secondary N) is 2. The number of rotatable bonds is 5. The van der Waals surface area contributed by atoms with Crippen LogP contribution >= 0.6 is 0 Å². The van der Waals surface area contributed by atoms with Crippen molar-refractivity contribution in [2.24, 2.45) is 0 Å². The molecule has 0 saturated carbocycles. The van der Waals surface area contributed by atoms with Crippen molar-refractivity contribution in [1.29, 1.82) is 0 Å². The molecule has 0 radical (unpaired) electrons. The molecule has 0 atom stereocenters. The van der Waals surface area contributed by atoms with E-state index < -0.39 is 0 Å². The third-order valence-electron chi connectivity index (χ3n) is 4.36. The maximum atomic E-state index is 12.4. The van der Waals surface area contributed by atoms with E-state index in [0.29, 0.717) is 11.4 Å². The van der Waals surface area contributed by atoms with Crippen LogP contribution < -0.4 is 15.4 Å². The molecule has 28 heavy (non-hydrogen) atoms. The highest BCUT2D eigenvalue weighted by molar-refractivity contribution is 6.03. The van der Waals surface area contributed by atoms with Gasteiger partial charge in [-0.2, -0.15) is 0 Å². The van der Waals surface area contributed by atoms with Crippen LogP contribution in [-0.2, 0) is 5.41 Å². The van der Waals surface area contributed by atoms with Gasteiger partial charge < -0.3 is 15.4 Å². The van der Waals surface area contributed by atoms with Gasteiger partial charge in [-0.25, -0.2) is 4.98 Å². The van der Waals surface area contributed by atoms with E-state index in [1.54, 1.807) is 43.6 Å². The second-order valence-electron chi connectivity index (χ2n) is 7.54. The molecule has 1 aromatic heterocycles. The number of amides is 1. The molecule has 0 unspecified atom stereocenters. The molecule has 0 aliphatic carbocycles. The zero-order valence-corrected chi connectivity index (χ0v) is 16.6. The number of hydrogen-bond donors (Lipinski definition) is 2. The standard InChI is InChI=1S/C23H25N3O2/c1-23(2,3)19-7-5-6-8-20(19)25-17-11-14-21(24-15-17)22(27)26-16-9-12-18(28-4)13-10-16/h5-15,25H,1-4H3,(H,26,27). The van der Waals surface area contributed by atoms with Gasteiger partial charge >= 0.3 is 0 Å². The fourth-order valence-corrected chi connectivity index (χ4v) is 2.87. The number of methoxy groups -OCH3 is 1. The van der Waals surface area contributed by atoms with Gasteiger partial charge in [-0.3, -0.25) is 4.79 Å². The molecule has 0 fully saturated rings. The summed E-state index contributed by atoms with van der Waals surface area (Å²) in [5.74, 6) is 0.480. The number of benzene rings is 2. The molecule has 2 N–H and O–H groups in total. The Balaban J connectivity index is 1.70. The number of anilines is 3. The number of para-hydroxylation sites is 1. The van der Waals surface area contributed by atoms with Crippen molar-refractivity contribution in [2.45, 2.75) is 26.2 Å². The molecule has 0 saturated heterocycles. The Labute approximate surface area is 165 Å². The molecule has 0 spiro atoms. The Kier molecular flexibility index (Phi) is 5.64. The van der Waals surface area contributed by atoms with E-state index in [1.165, 1.54) is 5.56 Å². The molecular weight excluding hydrogens is 350 g/mol. The van der Waals surface area contributed by atoms with Crippen molar-refractivity contribution >= 4 is 23.0 Å². The van der Waals surface area contributed by atoms with Crippen LogP contribution in [0.2, 0.25) is 0 Å². The highest BCUT2D eigenvalue weighted by Gasteiger charge is 2.17. The molecule has 1 amide bonds. The summed E-state index contributed by atoms with van der Waals surface area (Å²) in [7, 11) is 1.60. The summed E-state index contributed by atoms with van der Waals surface area (Å²) >= 11 is 0. The lowest BCUT2D eigenvalue weighted by Crippen LogP contribution is -2.14. The van der Waals surface area contributed by atoms with E-state index in [-0.39, 0.29) is 11.3 Å². The summed E-state index contributed by atoms with van der Waals surface area (Å²) in [5.41, 5.74) is 4.15. The largest absolute Gasteiger partial charge is 0.497 e. The topological polar surface area (TPSA) is 63.2 Å². The number of aromatic nitrogens is 1. The predicted molar refractivity (Wildman–Crippen MR) is 114 cm³/mol. The van der Waals surface area contributed by atoms with Gasteiger partial charge in [0.2, 0.25) is 0 Å². The fourth-order valence-electron chi connectivity index (χ4n) is 2.87. The van der Waals surface area contributed by atoms with Gasteiger partial charge in [0.05, 0.1) is 19.0 Å². The van der Waals surface area contributed by atoms with Crippen molar-refractivity contribution in [2.75, 3.05) is 17.7 Å². The van der Waals surface area contributed by atoms with Crippen LogP contribution in [0, 0.1) is 0 Å². The van der Waals surface area contributed by atoms with Crippen molar-refractivity contribution < 1.29 is 9.53 Å². The number of pyridine rings is 1.